The summed E-state index contributed by atoms with van der Waals surface area (Å²) in [6, 6.07) is 11.4. The van der Waals surface area contributed by atoms with E-state index in [2.05, 4.69) is 25.8 Å². The lowest BCUT2D eigenvalue weighted by atomic mass is 10.2. The molecule has 2 aromatic carbocycles. The van der Waals surface area contributed by atoms with Gasteiger partial charge in [-0.25, -0.2) is 4.98 Å². The minimum atomic E-state index is 0.714. The van der Waals surface area contributed by atoms with E-state index in [4.69, 9.17) is 9.47 Å². The van der Waals surface area contributed by atoms with E-state index < -0.39 is 0 Å². The van der Waals surface area contributed by atoms with Crippen LogP contribution in [0.1, 0.15) is 5.69 Å². The van der Waals surface area contributed by atoms with Crippen LogP contribution in [0.5, 0.6) is 11.5 Å². The van der Waals surface area contributed by atoms with E-state index in [1.54, 1.807) is 32.8 Å². The van der Waals surface area contributed by atoms with Crippen LogP contribution in [0.4, 0.5) is 11.4 Å². The van der Waals surface area contributed by atoms with Gasteiger partial charge in [-0.05, 0) is 18.2 Å². The van der Waals surface area contributed by atoms with Crippen LogP contribution >= 0.6 is 0 Å². The van der Waals surface area contributed by atoms with Gasteiger partial charge in [-0.15, -0.1) is 0 Å². The van der Waals surface area contributed by atoms with Crippen LogP contribution in [0.3, 0.4) is 0 Å². The summed E-state index contributed by atoms with van der Waals surface area (Å²) in [5, 5.41) is 7.18. The van der Waals surface area contributed by atoms with Gasteiger partial charge < -0.3 is 14.8 Å². The van der Waals surface area contributed by atoms with E-state index in [0.717, 1.165) is 33.7 Å². The SMILES string of the molecule is COc1cc(Nc2ccc3ncc(C4=C[N]N=C4)nc3c2)cc(OC)c1. The molecule has 0 atom stereocenters. The summed E-state index contributed by atoms with van der Waals surface area (Å²) in [7, 11) is 3.25. The molecule has 0 aliphatic carbocycles. The van der Waals surface area contributed by atoms with Crippen LogP contribution in [-0.4, -0.2) is 30.4 Å². The monoisotopic (exact) mass is 346 g/mol. The second-order valence-corrected chi connectivity index (χ2v) is 5.63. The number of hydrogen-bond donors (Lipinski definition) is 1. The Hall–Kier alpha value is -3.61. The van der Waals surface area contributed by atoms with Gasteiger partial charge >= 0.3 is 0 Å². The molecule has 1 radical (unpaired) electrons. The molecule has 1 aliphatic rings. The van der Waals surface area contributed by atoms with E-state index in [9.17, 15) is 0 Å². The van der Waals surface area contributed by atoms with Crippen molar-refractivity contribution in [3.8, 4) is 11.5 Å². The number of nitrogens with one attached hydrogen (secondary N) is 1. The molecular formula is C19H16N5O2. The number of anilines is 2. The van der Waals surface area contributed by atoms with E-state index in [0.29, 0.717) is 11.5 Å². The molecule has 7 heteroatoms. The highest BCUT2D eigenvalue weighted by Gasteiger charge is 2.09. The summed E-state index contributed by atoms with van der Waals surface area (Å²) in [6.07, 6.45) is 5.06. The number of allylic oxidation sites excluding steroid dienone is 1. The minimum absolute atomic E-state index is 0.714. The van der Waals surface area contributed by atoms with Crippen LogP contribution in [0.15, 0.2) is 53.9 Å². The maximum atomic E-state index is 5.31. The second kappa shape index (κ2) is 6.72. The van der Waals surface area contributed by atoms with E-state index in [1.807, 2.05) is 36.4 Å². The van der Waals surface area contributed by atoms with E-state index >= 15 is 0 Å². The van der Waals surface area contributed by atoms with Crippen LogP contribution in [-0.2, 0) is 0 Å². The molecule has 1 aliphatic heterocycles. The van der Waals surface area contributed by atoms with Crippen molar-refractivity contribution < 1.29 is 9.47 Å². The first-order valence-corrected chi connectivity index (χ1v) is 7.96. The lowest BCUT2D eigenvalue weighted by Crippen LogP contribution is -1.96. The molecule has 4 rings (SSSR count). The Kier molecular flexibility index (Phi) is 4.10. The van der Waals surface area contributed by atoms with Crippen molar-refractivity contribution in [2.24, 2.45) is 5.10 Å². The van der Waals surface area contributed by atoms with Gasteiger partial charge in [0.25, 0.3) is 0 Å². The molecule has 0 bridgehead atoms. The first-order valence-electron chi connectivity index (χ1n) is 7.96. The Morgan fingerprint density at radius 1 is 0.885 bits per heavy atom. The van der Waals surface area contributed by atoms with Crippen LogP contribution in [0.2, 0.25) is 0 Å². The van der Waals surface area contributed by atoms with Gasteiger partial charge in [0.2, 0.25) is 0 Å². The molecule has 0 spiro atoms. The number of fused-ring (bicyclic) bond motifs is 1. The van der Waals surface area contributed by atoms with Crippen LogP contribution in [0.25, 0.3) is 16.6 Å². The molecule has 26 heavy (non-hydrogen) atoms. The van der Waals surface area contributed by atoms with E-state index in [-0.39, 0.29) is 0 Å². The zero-order chi connectivity index (χ0) is 17.9. The summed E-state index contributed by atoms with van der Waals surface area (Å²) < 4.78 is 10.6. The molecule has 0 fully saturated rings. The molecule has 7 nitrogen and oxygen atoms in total. The highest BCUT2D eigenvalue weighted by molar-refractivity contribution is 6.10. The number of methoxy groups -OCH3 is 2. The smallest absolute Gasteiger partial charge is 0.124 e. The topological polar surface area (TPSA) is 82.7 Å². The normalized spacial score (nSPS) is 12.6. The fourth-order valence-electron chi connectivity index (χ4n) is 2.63. The van der Waals surface area contributed by atoms with E-state index in [1.165, 1.54) is 0 Å². The summed E-state index contributed by atoms with van der Waals surface area (Å²) in [5.41, 5.74) is 8.75. The molecule has 0 amide bonds. The molecule has 1 N–H and O–H groups in total. The largest absolute Gasteiger partial charge is 0.497 e. The molecule has 129 valence electrons. The molecule has 0 unspecified atom stereocenters. The second-order valence-electron chi connectivity index (χ2n) is 5.63. The third-order valence-electron chi connectivity index (χ3n) is 3.94. The third-order valence-corrected chi connectivity index (χ3v) is 3.94. The Labute approximate surface area is 150 Å². The lowest BCUT2D eigenvalue weighted by Gasteiger charge is -2.11. The van der Waals surface area contributed by atoms with Crippen molar-refractivity contribution in [2.75, 3.05) is 19.5 Å². The molecule has 0 saturated carbocycles. The van der Waals surface area contributed by atoms with Crippen molar-refractivity contribution in [1.82, 2.24) is 15.4 Å². The Balaban J connectivity index is 1.67. The first kappa shape index (κ1) is 15.9. The lowest BCUT2D eigenvalue weighted by molar-refractivity contribution is 0.395. The number of rotatable bonds is 5. The van der Waals surface area contributed by atoms with Crippen molar-refractivity contribution in [2.45, 2.75) is 0 Å². The van der Waals surface area contributed by atoms with Gasteiger partial charge in [-0.2, -0.15) is 10.5 Å². The van der Waals surface area contributed by atoms with Gasteiger partial charge in [0.05, 0.1) is 49.6 Å². The number of nitrogens with zero attached hydrogens (tertiary/aromatic N) is 4. The number of hydrogen-bond acceptors (Lipinski definition) is 6. The fourth-order valence-corrected chi connectivity index (χ4v) is 2.63. The fraction of sp³-hybridized carbons (Fsp3) is 0.105. The first-order chi connectivity index (χ1) is 12.7. The highest BCUT2D eigenvalue weighted by atomic mass is 16.5. The Morgan fingerprint density at radius 3 is 2.38 bits per heavy atom. The zero-order valence-electron chi connectivity index (χ0n) is 14.3. The average Bonchev–Trinajstić information content (AvgIpc) is 3.22. The summed E-state index contributed by atoms with van der Waals surface area (Å²) >= 11 is 0. The van der Waals surface area contributed by atoms with Gasteiger partial charge in [0, 0.05) is 35.1 Å². The minimum Gasteiger partial charge on any atom is -0.497 e. The molecule has 2 heterocycles. The number of benzene rings is 2. The van der Waals surface area contributed by atoms with Crippen molar-refractivity contribution in [1.29, 1.82) is 0 Å². The summed E-state index contributed by atoms with van der Waals surface area (Å²) in [6.45, 7) is 0. The predicted molar refractivity (Wildman–Crippen MR) is 101 cm³/mol. The molecule has 0 saturated heterocycles. The maximum Gasteiger partial charge on any atom is 0.124 e. The van der Waals surface area contributed by atoms with Crippen LogP contribution in [0, 0.1) is 0 Å². The highest BCUT2D eigenvalue weighted by Crippen LogP contribution is 2.29. The van der Waals surface area contributed by atoms with Gasteiger partial charge in [-0.1, -0.05) is 0 Å². The molecule has 3 aromatic rings. The van der Waals surface area contributed by atoms with Crippen molar-refractivity contribution >= 4 is 34.2 Å². The summed E-state index contributed by atoms with van der Waals surface area (Å²) in [5.74, 6) is 1.43. The Bertz CT molecular complexity index is 1010. The van der Waals surface area contributed by atoms with Crippen molar-refractivity contribution in [3.05, 3.63) is 54.5 Å². The standard InChI is InChI=1S/C19H16N5O2/c1-25-15-5-14(6-16(8-15)26-2)23-13-3-4-17-18(7-13)24-19(11-20-17)12-9-21-22-10-12/h3-11,23H,1-2H3. The number of aromatic nitrogens is 2. The molecular weight excluding hydrogens is 330 g/mol. The summed E-state index contributed by atoms with van der Waals surface area (Å²) in [4.78, 5) is 9.11. The third kappa shape index (κ3) is 3.14. The quantitative estimate of drug-likeness (QED) is 0.766. The molecule has 1 aromatic heterocycles. The van der Waals surface area contributed by atoms with Gasteiger partial charge in [0.1, 0.15) is 11.5 Å². The van der Waals surface area contributed by atoms with Crippen LogP contribution < -0.4 is 20.2 Å². The number of ether oxygens (including phenoxy) is 2. The van der Waals surface area contributed by atoms with Gasteiger partial charge in [0.15, 0.2) is 0 Å². The predicted octanol–water partition coefficient (Wildman–Crippen LogP) is 3.34. The Morgan fingerprint density at radius 2 is 1.69 bits per heavy atom. The van der Waals surface area contributed by atoms with Gasteiger partial charge in [-0.3, -0.25) is 4.98 Å². The van der Waals surface area contributed by atoms with Crippen molar-refractivity contribution in [3.63, 3.8) is 0 Å². The average molecular weight is 346 g/mol. The zero-order valence-corrected chi connectivity index (χ0v) is 14.3. The maximum absolute atomic E-state index is 5.31.